The van der Waals surface area contributed by atoms with Gasteiger partial charge in [-0.3, -0.25) is 4.90 Å². The van der Waals surface area contributed by atoms with Gasteiger partial charge < -0.3 is 5.32 Å². The first-order valence-corrected chi connectivity index (χ1v) is 7.66. The van der Waals surface area contributed by atoms with Gasteiger partial charge in [-0.05, 0) is 37.7 Å². The zero-order chi connectivity index (χ0) is 13.9. The van der Waals surface area contributed by atoms with Gasteiger partial charge in [0, 0.05) is 25.2 Å². The molecule has 3 rings (SSSR count). The Morgan fingerprint density at radius 1 is 1.30 bits per heavy atom. The monoisotopic (exact) mass is 269 g/mol. The van der Waals surface area contributed by atoms with Gasteiger partial charge in [-0.1, -0.05) is 29.8 Å². The summed E-state index contributed by atoms with van der Waals surface area (Å²) < 4.78 is 0. The van der Waals surface area contributed by atoms with E-state index in [1.54, 1.807) is 0 Å². The highest BCUT2D eigenvalue weighted by Crippen LogP contribution is 2.29. The molecule has 1 aromatic rings. The number of hydrogen-bond acceptors (Lipinski definition) is 3. The number of rotatable bonds is 4. The fourth-order valence-corrected chi connectivity index (χ4v) is 3.29. The Balaban J connectivity index is 1.72. The van der Waals surface area contributed by atoms with Crippen LogP contribution in [0.15, 0.2) is 24.3 Å². The van der Waals surface area contributed by atoms with Crippen molar-refractivity contribution in [3.8, 4) is 6.07 Å². The number of nitrogens with zero attached hydrogens (tertiary/aromatic N) is 2. The van der Waals surface area contributed by atoms with E-state index < -0.39 is 0 Å². The number of aryl methyl sites for hydroxylation is 1. The molecule has 106 valence electrons. The lowest BCUT2D eigenvalue weighted by Gasteiger charge is -2.37. The summed E-state index contributed by atoms with van der Waals surface area (Å²) in [5.41, 5.74) is 2.75. The van der Waals surface area contributed by atoms with Crippen LogP contribution in [0.4, 0.5) is 0 Å². The van der Waals surface area contributed by atoms with Crippen molar-refractivity contribution in [2.75, 3.05) is 19.6 Å². The van der Waals surface area contributed by atoms with Gasteiger partial charge in [-0.25, -0.2) is 0 Å². The predicted octanol–water partition coefficient (Wildman–Crippen LogP) is 2.43. The normalized spacial score (nSPS) is 27.2. The third-order valence-corrected chi connectivity index (χ3v) is 4.38. The van der Waals surface area contributed by atoms with Gasteiger partial charge in [0.15, 0.2) is 0 Å². The maximum absolute atomic E-state index is 8.99. The molecule has 20 heavy (non-hydrogen) atoms. The van der Waals surface area contributed by atoms with Crippen molar-refractivity contribution in [1.29, 1.82) is 5.26 Å². The Kier molecular flexibility index (Phi) is 4.05. The second kappa shape index (κ2) is 5.95. The molecule has 0 bridgehead atoms. The van der Waals surface area contributed by atoms with E-state index in [1.165, 1.54) is 30.4 Å². The SMILES string of the molecule is Cc1cccc(C2CC(NC3CC3)CN(CC#N)C2)c1. The van der Waals surface area contributed by atoms with Crippen molar-refractivity contribution in [1.82, 2.24) is 10.2 Å². The smallest absolute Gasteiger partial charge is 0.0866 e. The first-order chi connectivity index (χ1) is 9.74. The molecule has 1 aliphatic heterocycles. The first kappa shape index (κ1) is 13.6. The Labute approximate surface area is 121 Å². The Morgan fingerprint density at radius 2 is 2.15 bits per heavy atom. The zero-order valence-corrected chi connectivity index (χ0v) is 12.2. The van der Waals surface area contributed by atoms with Crippen molar-refractivity contribution in [2.24, 2.45) is 0 Å². The molecule has 3 heteroatoms. The number of nitriles is 1. The summed E-state index contributed by atoms with van der Waals surface area (Å²) in [7, 11) is 0. The highest BCUT2D eigenvalue weighted by atomic mass is 15.2. The molecular formula is C17H23N3. The molecule has 0 amide bonds. The standard InChI is InChI=1S/C17H23N3/c1-13-3-2-4-14(9-13)15-10-17(19-16-5-6-16)12-20(11-15)8-7-18/h2-4,9,15-17,19H,5-6,8,10-12H2,1H3. The van der Waals surface area contributed by atoms with Crippen LogP contribution in [0.5, 0.6) is 0 Å². The molecule has 2 atom stereocenters. The highest BCUT2D eigenvalue weighted by molar-refractivity contribution is 5.26. The van der Waals surface area contributed by atoms with Crippen LogP contribution in [0.2, 0.25) is 0 Å². The molecule has 3 nitrogen and oxygen atoms in total. The quantitative estimate of drug-likeness (QED) is 0.853. The molecule has 0 spiro atoms. The van der Waals surface area contributed by atoms with Crippen LogP contribution in [0.3, 0.4) is 0 Å². The topological polar surface area (TPSA) is 39.1 Å². The highest BCUT2D eigenvalue weighted by Gasteiger charge is 2.32. The molecule has 0 aromatic heterocycles. The molecular weight excluding hydrogens is 246 g/mol. The van der Waals surface area contributed by atoms with E-state index >= 15 is 0 Å². The zero-order valence-electron chi connectivity index (χ0n) is 12.2. The maximum atomic E-state index is 8.99. The van der Waals surface area contributed by atoms with E-state index in [2.05, 4.69) is 47.5 Å². The molecule has 1 aliphatic carbocycles. The van der Waals surface area contributed by atoms with E-state index in [1.807, 2.05) is 0 Å². The number of nitrogens with one attached hydrogen (secondary N) is 1. The van der Waals surface area contributed by atoms with E-state index in [-0.39, 0.29) is 0 Å². The number of benzene rings is 1. The van der Waals surface area contributed by atoms with Crippen LogP contribution in [0, 0.1) is 18.3 Å². The largest absolute Gasteiger partial charge is 0.310 e. The van der Waals surface area contributed by atoms with E-state index in [9.17, 15) is 0 Å². The second-order valence-corrected chi connectivity index (χ2v) is 6.34. The van der Waals surface area contributed by atoms with E-state index in [0.29, 0.717) is 18.5 Å². The maximum Gasteiger partial charge on any atom is 0.0866 e. The van der Waals surface area contributed by atoms with Gasteiger partial charge in [-0.2, -0.15) is 5.26 Å². The molecule has 2 fully saturated rings. The van der Waals surface area contributed by atoms with Crippen molar-refractivity contribution in [2.45, 2.75) is 44.2 Å². The predicted molar refractivity (Wildman–Crippen MR) is 80.5 cm³/mol. The van der Waals surface area contributed by atoms with Gasteiger partial charge in [0.1, 0.15) is 0 Å². The van der Waals surface area contributed by atoms with Crippen LogP contribution >= 0.6 is 0 Å². The molecule has 0 radical (unpaired) electrons. The number of piperidine rings is 1. The summed E-state index contributed by atoms with van der Waals surface area (Å²) in [4.78, 5) is 2.30. The van der Waals surface area contributed by atoms with Crippen LogP contribution in [-0.4, -0.2) is 36.6 Å². The van der Waals surface area contributed by atoms with Crippen LogP contribution in [-0.2, 0) is 0 Å². The third-order valence-electron chi connectivity index (χ3n) is 4.38. The average molecular weight is 269 g/mol. The molecule has 1 saturated heterocycles. The Hall–Kier alpha value is -1.37. The molecule has 1 saturated carbocycles. The minimum Gasteiger partial charge on any atom is -0.310 e. The Morgan fingerprint density at radius 3 is 2.85 bits per heavy atom. The lowest BCUT2D eigenvalue weighted by atomic mass is 9.87. The van der Waals surface area contributed by atoms with Crippen molar-refractivity contribution in [3.05, 3.63) is 35.4 Å². The number of likely N-dealkylation sites (tertiary alicyclic amines) is 1. The van der Waals surface area contributed by atoms with Crippen LogP contribution in [0.1, 0.15) is 36.3 Å². The van der Waals surface area contributed by atoms with Gasteiger partial charge >= 0.3 is 0 Å². The molecule has 2 aliphatic rings. The average Bonchev–Trinajstić information content (AvgIpc) is 3.23. The van der Waals surface area contributed by atoms with Gasteiger partial charge in [-0.15, -0.1) is 0 Å². The second-order valence-electron chi connectivity index (χ2n) is 6.34. The minimum absolute atomic E-state index is 0.537. The molecule has 2 unspecified atom stereocenters. The lowest BCUT2D eigenvalue weighted by molar-refractivity contribution is 0.187. The van der Waals surface area contributed by atoms with Crippen molar-refractivity contribution >= 4 is 0 Å². The summed E-state index contributed by atoms with van der Waals surface area (Å²) >= 11 is 0. The Bertz CT molecular complexity index is 501. The number of hydrogen-bond donors (Lipinski definition) is 1. The molecule has 1 aromatic carbocycles. The summed E-state index contributed by atoms with van der Waals surface area (Å²) in [5, 5.41) is 12.7. The third kappa shape index (κ3) is 3.39. The van der Waals surface area contributed by atoms with Crippen molar-refractivity contribution in [3.63, 3.8) is 0 Å². The fourth-order valence-electron chi connectivity index (χ4n) is 3.29. The van der Waals surface area contributed by atoms with E-state index in [4.69, 9.17) is 5.26 Å². The van der Waals surface area contributed by atoms with E-state index in [0.717, 1.165) is 19.1 Å². The summed E-state index contributed by atoms with van der Waals surface area (Å²) in [6, 6.07) is 12.4. The molecule has 1 heterocycles. The lowest BCUT2D eigenvalue weighted by Crippen LogP contribution is -2.49. The summed E-state index contributed by atoms with van der Waals surface area (Å²) in [6.07, 6.45) is 3.84. The van der Waals surface area contributed by atoms with Gasteiger partial charge in [0.05, 0.1) is 12.6 Å². The first-order valence-electron chi connectivity index (χ1n) is 7.66. The fraction of sp³-hybridized carbons (Fsp3) is 0.588. The summed E-state index contributed by atoms with van der Waals surface area (Å²) in [5.74, 6) is 0.549. The minimum atomic E-state index is 0.537. The van der Waals surface area contributed by atoms with Crippen molar-refractivity contribution < 1.29 is 0 Å². The van der Waals surface area contributed by atoms with Gasteiger partial charge in [0.2, 0.25) is 0 Å². The van der Waals surface area contributed by atoms with Gasteiger partial charge in [0.25, 0.3) is 0 Å². The summed E-state index contributed by atoms with van der Waals surface area (Å²) in [6.45, 7) is 4.73. The van der Waals surface area contributed by atoms with Crippen LogP contribution in [0.25, 0.3) is 0 Å². The van der Waals surface area contributed by atoms with Crippen LogP contribution < -0.4 is 5.32 Å². The molecule has 1 N–H and O–H groups in total.